The number of nitrogens with one attached hydrogen (secondary N) is 1. The van der Waals surface area contributed by atoms with Crippen molar-refractivity contribution in [1.82, 2.24) is 19.6 Å². The van der Waals surface area contributed by atoms with Crippen molar-refractivity contribution in [3.8, 4) is 11.4 Å². The van der Waals surface area contributed by atoms with Gasteiger partial charge in [-0.15, -0.1) is 5.10 Å². The number of rotatable bonds is 3. The second-order valence-electron chi connectivity index (χ2n) is 7.32. The van der Waals surface area contributed by atoms with Crippen LogP contribution < -0.4 is 5.32 Å². The molecule has 2 aromatic heterocycles. The van der Waals surface area contributed by atoms with Gasteiger partial charge in [0.2, 0.25) is 0 Å². The molecule has 1 aromatic carbocycles. The van der Waals surface area contributed by atoms with Crippen LogP contribution in [0.15, 0.2) is 35.2 Å². The predicted molar refractivity (Wildman–Crippen MR) is 104 cm³/mol. The van der Waals surface area contributed by atoms with Gasteiger partial charge in [0.25, 0.3) is 0 Å². The van der Waals surface area contributed by atoms with Gasteiger partial charge < -0.3 is 4.74 Å². The molecule has 0 fully saturated rings. The molecule has 28 heavy (non-hydrogen) atoms. The molecule has 0 aliphatic heterocycles. The van der Waals surface area contributed by atoms with Crippen LogP contribution in [0, 0.1) is 6.92 Å². The summed E-state index contributed by atoms with van der Waals surface area (Å²) >= 11 is 0. The van der Waals surface area contributed by atoms with Crippen LogP contribution >= 0.6 is 0 Å². The number of anilines is 1. The maximum absolute atomic E-state index is 12.1. The van der Waals surface area contributed by atoms with Crippen LogP contribution in [0.5, 0.6) is 0 Å². The zero-order valence-corrected chi connectivity index (χ0v) is 17.0. The summed E-state index contributed by atoms with van der Waals surface area (Å²) in [4.78, 5) is 21.1. The molecule has 0 bridgehead atoms. The predicted octanol–water partition coefficient (Wildman–Crippen LogP) is 2.85. The number of sulfone groups is 1. The van der Waals surface area contributed by atoms with Crippen LogP contribution in [0.2, 0.25) is 0 Å². The van der Waals surface area contributed by atoms with E-state index >= 15 is 0 Å². The molecule has 3 rings (SSSR count). The van der Waals surface area contributed by atoms with E-state index in [9.17, 15) is 13.2 Å². The Morgan fingerprint density at radius 2 is 1.79 bits per heavy atom. The zero-order valence-electron chi connectivity index (χ0n) is 16.2. The molecule has 3 aromatic rings. The van der Waals surface area contributed by atoms with Crippen molar-refractivity contribution in [1.29, 1.82) is 0 Å². The van der Waals surface area contributed by atoms with Gasteiger partial charge in [0.15, 0.2) is 21.3 Å². The Labute approximate surface area is 162 Å². The van der Waals surface area contributed by atoms with Crippen molar-refractivity contribution in [3.63, 3.8) is 0 Å². The van der Waals surface area contributed by atoms with E-state index in [2.05, 4.69) is 20.4 Å². The van der Waals surface area contributed by atoms with E-state index < -0.39 is 21.5 Å². The molecule has 0 saturated heterocycles. The number of aromatic nitrogens is 4. The largest absolute Gasteiger partial charge is 0.444 e. The molecule has 9 nitrogen and oxygen atoms in total. The topological polar surface area (TPSA) is 116 Å². The van der Waals surface area contributed by atoms with Gasteiger partial charge in [-0.25, -0.2) is 23.2 Å². The quantitative estimate of drug-likeness (QED) is 0.715. The fourth-order valence-electron chi connectivity index (χ4n) is 2.51. The molecule has 0 saturated carbocycles. The van der Waals surface area contributed by atoms with E-state index in [-0.39, 0.29) is 10.7 Å². The maximum Gasteiger partial charge on any atom is 0.413 e. The first-order valence-corrected chi connectivity index (χ1v) is 10.4. The third-order valence-electron chi connectivity index (χ3n) is 3.60. The van der Waals surface area contributed by atoms with Crippen molar-refractivity contribution in [3.05, 3.63) is 36.2 Å². The fourth-order valence-corrected chi connectivity index (χ4v) is 3.14. The van der Waals surface area contributed by atoms with Gasteiger partial charge in [-0.1, -0.05) is 0 Å². The molecule has 0 atom stereocenters. The van der Waals surface area contributed by atoms with Crippen LogP contribution in [-0.2, 0) is 14.6 Å². The SMILES string of the molecule is Cc1nc2cc(NC(=O)OC(C)(C)C)nc(-c3ccc(S(C)(=O)=O)cc3)n2n1. The highest BCUT2D eigenvalue weighted by atomic mass is 32.2. The Morgan fingerprint density at radius 3 is 2.36 bits per heavy atom. The van der Waals surface area contributed by atoms with Crippen molar-refractivity contribution in [2.45, 2.75) is 38.2 Å². The summed E-state index contributed by atoms with van der Waals surface area (Å²) in [5.41, 5.74) is 0.458. The third kappa shape index (κ3) is 4.45. The van der Waals surface area contributed by atoms with Gasteiger partial charge in [-0.2, -0.15) is 4.52 Å². The van der Waals surface area contributed by atoms with E-state index in [4.69, 9.17) is 4.74 Å². The molecule has 2 heterocycles. The minimum absolute atomic E-state index is 0.199. The van der Waals surface area contributed by atoms with E-state index in [1.165, 1.54) is 16.6 Å². The lowest BCUT2D eigenvalue weighted by atomic mass is 10.2. The zero-order chi connectivity index (χ0) is 20.7. The lowest BCUT2D eigenvalue weighted by Gasteiger charge is -2.19. The molecular weight excluding hydrogens is 382 g/mol. The average Bonchev–Trinajstić information content (AvgIpc) is 2.91. The van der Waals surface area contributed by atoms with Crippen molar-refractivity contribution in [2.24, 2.45) is 0 Å². The first kappa shape index (κ1) is 19.7. The Balaban J connectivity index is 2.05. The first-order valence-electron chi connectivity index (χ1n) is 8.47. The summed E-state index contributed by atoms with van der Waals surface area (Å²) in [5.74, 6) is 1.19. The number of carbonyl (C=O) groups excluding carboxylic acids is 1. The van der Waals surface area contributed by atoms with Crippen LogP contribution in [0.1, 0.15) is 26.6 Å². The first-order chi connectivity index (χ1) is 12.9. The Hall–Kier alpha value is -3.01. The monoisotopic (exact) mass is 403 g/mol. The van der Waals surface area contributed by atoms with Gasteiger partial charge in [-0.3, -0.25) is 5.32 Å². The number of ether oxygens (including phenoxy) is 1. The summed E-state index contributed by atoms with van der Waals surface area (Å²) < 4.78 is 30.2. The molecule has 148 valence electrons. The number of amides is 1. The van der Waals surface area contributed by atoms with Crippen LogP contribution in [0.3, 0.4) is 0 Å². The Kier molecular flexibility index (Phi) is 4.84. The molecule has 1 amide bonds. The number of benzene rings is 1. The number of hydrogen-bond donors (Lipinski definition) is 1. The lowest BCUT2D eigenvalue weighted by Crippen LogP contribution is -2.27. The van der Waals surface area contributed by atoms with E-state index in [1.807, 2.05) is 0 Å². The van der Waals surface area contributed by atoms with Gasteiger partial charge in [0.05, 0.1) is 4.90 Å². The molecule has 0 spiro atoms. The molecule has 1 N–H and O–H groups in total. The molecular formula is C18H21N5O4S. The van der Waals surface area contributed by atoms with E-state index in [0.717, 1.165) is 6.26 Å². The van der Waals surface area contributed by atoms with Gasteiger partial charge >= 0.3 is 6.09 Å². The molecule has 0 aliphatic carbocycles. The number of nitrogens with zero attached hydrogens (tertiary/aromatic N) is 4. The van der Waals surface area contributed by atoms with Crippen molar-refractivity contribution >= 4 is 27.4 Å². The minimum Gasteiger partial charge on any atom is -0.444 e. The molecule has 10 heteroatoms. The minimum atomic E-state index is -3.31. The van der Waals surface area contributed by atoms with E-state index in [1.54, 1.807) is 45.9 Å². The highest BCUT2D eigenvalue weighted by Crippen LogP contribution is 2.23. The second-order valence-corrected chi connectivity index (χ2v) is 9.33. The summed E-state index contributed by atoms with van der Waals surface area (Å²) in [6.45, 7) is 7.03. The van der Waals surface area contributed by atoms with Crippen LogP contribution in [0.25, 0.3) is 17.0 Å². The van der Waals surface area contributed by atoms with Crippen molar-refractivity contribution in [2.75, 3.05) is 11.6 Å². The van der Waals surface area contributed by atoms with Crippen LogP contribution in [0.4, 0.5) is 10.6 Å². The van der Waals surface area contributed by atoms with E-state index in [0.29, 0.717) is 22.9 Å². The normalized spacial score (nSPS) is 12.2. The number of fused-ring (bicyclic) bond motifs is 1. The summed E-state index contributed by atoms with van der Waals surface area (Å²) in [7, 11) is -3.31. The third-order valence-corrected chi connectivity index (χ3v) is 4.73. The summed E-state index contributed by atoms with van der Waals surface area (Å²) in [5, 5.41) is 6.92. The molecule has 0 aliphatic rings. The highest BCUT2D eigenvalue weighted by Gasteiger charge is 2.19. The highest BCUT2D eigenvalue weighted by molar-refractivity contribution is 7.90. The Bertz CT molecular complexity index is 1150. The smallest absolute Gasteiger partial charge is 0.413 e. The van der Waals surface area contributed by atoms with Crippen LogP contribution in [-0.4, -0.2) is 45.9 Å². The number of hydrogen-bond acceptors (Lipinski definition) is 7. The average molecular weight is 403 g/mol. The van der Waals surface area contributed by atoms with Gasteiger partial charge in [-0.05, 0) is 52.0 Å². The standard InChI is InChI=1S/C18H21N5O4S/c1-11-19-15-10-14(21-17(24)27-18(2,3)4)20-16(23(15)22-11)12-6-8-13(9-7-12)28(5,25)26/h6-10H,1-5H3,(H,21,24). The summed E-state index contributed by atoms with van der Waals surface area (Å²) in [6, 6.07) is 7.84. The fraction of sp³-hybridized carbons (Fsp3) is 0.333. The molecule has 0 unspecified atom stereocenters. The van der Waals surface area contributed by atoms with Gasteiger partial charge in [0, 0.05) is 17.9 Å². The lowest BCUT2D eigenvalue weighted by molar-refractivity contribution is 0.0635. The number of aryl methyl sites for hydroxylation is 1. The Morgan fingerprint density at radius 1 is 1.14 bits per heavy atom. The second kappa shape index (κ2) is 6.86. The molecule has 0 radical (unpaired) electrons. The maximum atomic E-state index is 12.1. The van der Waals surface area contributed by atoms with Gasteiger partial charge in [0.1, 0.15) is 17.2 Å². The number of carbonyl (C=O) groups is 1. The summed E-state index contributed by atoms with van der Waals surface area (Å²) in [6.07, 6.45) is 0.504. The van der Waals surface area contributed by atoms with Crippen molar-refractivity contribution < 1.29 is 17.9 Å².